The van der Waals surface area contributed by atoms with Crippen LogP contribution in [-0.2, 0) is 11.3 Å². The van der Waals surface area contributed by atoms with Gasteiger partial charge in [-0.2, -0.15) is 0 Å². The van der Waals surface area contributed by atoms with Crippen LogP contribution in [0.2, 0.25) is 0 Å². The first-order chi connectivity index (χ1) is 14.7. The average molecular weight is 434 g/mol. The molecule has 4 aromatic rings. The van der Waals surface area contributed by atoms with Crippen LogP contribution < -0.4 is 16.6 Å². The molecule has 2 aromatic carbocycles. The highest BCUT2D eigenvalue weighted by molar-refractivity contribution is 7.17. The van der Waals surface area contributed by atoms with E-state index in [1.54, 1.807) is 23.6 Å². The molecule has 2 heterocycles. The minimum atomic E-state index is -0.531. The zero-order valence-electron chi connectivity index (χ0n) is 17.9. The number of anilines is 1. The van der Waals surface area contributed by atoms with E-state index >= 15 is 0 Å². The number of carbonyl (C=O) groups is 1. The first-order valence-electron chi connectivity index (χ1n) is 9.93. The highest BCUT2D eigenvalue weighted by Gasteiger charge is 2.18. The molecule has 0 fully saturated rings. The van der Waals surface area contributed by atoms with Gasteiger partial charge in [-0.15, -0.1) is 11.3 Å². The van der Waals surface area contributed by atoms with Crippen molar-refractivity contribution in [1.82, 2.24) is 9.13 Å². The molecular formula is C24H23N3O3S. The third kappa shape index (κ3) is 3.96. The predicted molar refractivity (Wildman–Crippen MR) is 126 cm³/mol. The van der Waals surface area contributed by atoms with Crippen LogP contribution in [0, 0.1) is 27.7 Å². The Kier molecular flexibility index (Phi) is 5.37. The van der Waals surface area contributed by atoms with Crippen LogP contribution in [0.25, 0.3) is 15.9 Å². The van der Waals surface area contributed by atoms with Crippen LogP contribution in [0.3, 0.4) is 0 Å². The van der Waals surface area contributed by atoms with E-state index in [4.69, 9.17) is 0 Å². The SMILES string of the molecule is Cc1cc(C)cc(-n2c(=O)c3sccc3n(CC(=O)Nc3cc(C)ccc3C)c2=O)c1. The number of rotatable bonds is 4. The summed E-state index contributed by atoms with van der Waals surface area (Å²) >= 11 is 1.26. The van der Waals surface area contributed by atoms with Crippen molar-refractivity contribution >= 4 is 33.1 Å². The molecule has 0 radical (unpaired) electrons. The lowest BCUT2D eigenvalue weighted by Gasteiger charge is -2.14. The largest absolute Gasteiger partial charge is 0.336 e. The smallest absolute Gasteiger partial charge is 0.324 e. The number of hydrogen-bond acceptors (Lipinski definition) is 4. The van der Waals surface area contributed by atoms with Crippen molar-refractivity contribution in [1.29, 1.82) is 0 Å². The summed E-state index contributed by atoms with van der Waals surface area (Å²) in [5.41, 5.74) is 4.65. The quantitative estimate of drug-likeness (QED) is 0.527. The Balaban J connectivity index is 1.82. The van der Waals surface area contributed by atoms with Crippen LogP contribution in [0.5, 0.6) is 0 Å². The first-order valence-corrected chi connectivity index (χ1v) is 10.8. The van der Waals surface area contributed by atoms with Crippen molar-refractivity contribution in [2.24, 2.45) is 0 Å². The molecule has 0 atom stereocenters. The molecular weight excluding hydrogens is 410 g/mol. The predicted octanol–water partition coefficient (Wildman–Crippen LogP) is 4.09. The van der Waals surface area contributed by atoms with Crippen molar-refractivity contribution in [3.63, 3.8) is 0 Å². The Labute approximate surface area is 183 Å². The summed E-state index contributed by atoms with van der Waals surface area (Å²) in [5, 5.41) is 4.65. The van der Waals surface area contributed by atoms with Crippen molar-refractivity contribution in [3.05, 3.63) is 90.9 Å². The molecule has 0 bridgehead atoms. The molecule has 1 amide bonds. The maximum Gasteiger partial charge on any atom is 0.336 e. The maximum absolute atomic E-state index is 13.4. The second kappa shape index (κ2) is 8.00. The third-order valence-corrected chi connectivity index (χ3v) is 6.08. The number of fused-ring (bicyclic) bond motifs is 1. The fourth-order valence-electron chi connectivity index (χ4n) is 3.75. The zero-order chi connectivity index (χ0) is 22.3. The molecule has 6 nitrogen and oxygen atoms in total. The first kappa shape index (κ1) is 20.8. The highest BCUT2D eigenvalue weighted by atomic mass is 32.1. The van der Waals surface area contributed by atoms with E-state index in [-0.39, 0.29) is 18.0 Å². The number of carbonyl (C=O) groups excluding carboxylic acids is 1. The second-order valence-corrected chi connectivity index (χ2v) is 8.77. The highest BCUT2D eigenvalue weighted by Crippen LogP contribution is 2.19. The van der Waals surface area contributed by atoms with Crippen molar-refractivity contribution in [3.8, 4) is 5.69 Å². The molecule has 0 spiro atoms. The molecule has 1 N–H and O–H groups in total. The summed E-state index contributed by atoms with van der Waals surface area (Å²) < 4.78 is 2.97. The molecule has 158 valence electrons. The Hall–Kier alpha value is -3.45. The summed E-state index contributed by atoms with van der Waals surface area (Å²) in [6.07, 6.45) is 0. The number of benzene rings is 2. The number of thiophene rings is 1. The number of nitrogens with zero attached hydrogens (tertiary/aromatic N) is 2. The summed E-state index contributed by atoms with van der Waals surface area (Å²) in [6, 6.07) is 13.1. The number of hydrogen-bond donors (Lipinski definition) is 1. The van der Waals surface area contributed by atoms with Crippen molar-refractivity contribution in [2.75, 3.05) is 5.32 Å². The lowest BCUT2D eigenvalue weighted by molar-refractivity contribution is -0.116. The summed E-state index contributed by atoms with van der Waals surface area (Å²) in [4.78, 5) is 39.3. The molecule has 0 saturated carbocycles. The zero-order valence-corrected chi connectivity index (χ0v) is 18.7. The number of amides is 1. The van der Waals surface area contributed by atoms with Gasteiger partial charge in [0.1, 0.15) is 11.2 Å². The molecule has 2 aromatic heterocycles. The Morgan fingerprint density at radius 2 is 1.65 bits per heavy atom. The number of aromatic nitrogens is 2. The van der Waals surface area contributed by atoms with Gasteiger partial charge >= 0.3 is 5.69 Å². The second-order valence-electron chi connectivity index (χ2n) is 7.86. The normalized spacial score (nSPS) is 11.1. The molecule has 0 aliphatic heterocycles. The fraction of sp³-hybridized carbons (Fsp3) is 0.208. The molecule has 31 heavy (non-hydrogen) atoms. The van der Waals surface area contributed by atoms with E-state index in [9.17, 15) is 14.4 Å². The number of nitrogens with one attached hydrogen (secondary N) is 1. The van der Waals surface area contributed by atoms with Crippen LogP contribution >= 0.6 is 11.3 Å². The molecule has 7 heteroatoms. The van der Waals surface area contributed by atoms with Gasteiger partial charge in [-0.05, 0) is 79.6 Å². The van der Waals surface area contributed by atoms with Gasteiger partial charge in [0, 0.05) is 5.69 Å². The summed E-state index contributed by atoms with van der Waals surface area (Å²) in [6.45, 7) is 7.51. The van der Waals surface area contributed by atoms with Crippen molar-refractivity contribution in [2.45, 2.75) is 34.2 Å². The van der Waals surface area contributed by atoms with Crippen LogP contribution in [0.15, 0.2) is 57.4 Å². The van der Waals surface area contributed by atoms with Crippen LogP contribution in [0.1, 0.15) is 22.3 Å². The molecule has 0 saturated heterocycles. The van der Waals surface area contributed by atoms with Crippen LogP contribution in [0.4, 0.5) is 5.69 Å². The minimum absolute atomic E-state index is 0.190. The van der Waals surface area contributed by atoms with Gasteiger partial charge in [-0.25, -0.2) is 9.36 Å². The van der Waals surface area contributed by atoms with Gasteiger partial charge in [-0.1, -0.05) is 18.2 Å². The van der Waals surface area contributed by atoms with Gasteiger partial charge in [0.15, 0.2) is 0 Å². The Morgan fingerprint density at radius 1 is 0.935 bits per heavy atom. The summed E-state index contributed by atoms with van der Waals surface area (Å²) in [7, 11) is 0. The minimum Gasteiger partial charge on any atom is -0.324 e. The van der Waals surface area contributed by atoms with E-state index in [0.29, 0.717) is 21.6 Å². The van der Waals surface area contributed by atoms with E-state index in [2.05, 4.69) is 5.32 Å². The third-order valence-electron chi connectivity index (χ3n) is 5.19. The van der Waals surface area contributed by atoms with E-state index in [0.717, 1.165) is 26.8 Å². The van der Waals surface area contributed by atoms with Gasteiger partial charge in [0.2, 0.25) is 5.91 Å². The van der Waals surface area contributed by atoms with E-state index < -0.39 is 5.69 Å². The van der Waals surface area contributed by atoms with Gasteiger partial charge < -0.3 is 5.32 Å². The topological polar surface area (TPSA) is 73.1 Å². The van der Waals surface area contributed by atoms with Gasteiger partial charge in [0.25, 0.3) is 5.56 Å². The lowest BCUT2D eigenvalue weighted by atomic mass is 10.1. The van der Waals surface area contributed by atoms with Gasteiger partial charge in [-0.3, -0.25) is 14.2 Å². The maximum atomic E-state index is 13.4. The monoisotopic (exact) mass is 433 g/mol. The average Bonchev–Trinajstić information content (AvgIpc) is 3.17. The molecule has 0 aliphatic rings. The Bertz CT molecular complexity index is 1420. The van der Waals surface area contributed by atoms with Crippen LogP contribution in [-0.4, -0.2) is 15.0 Å². The van der Waals surface area contributed by atoms with E-state index in [1.807, 2.05) is 52.0 Å². The van der Waals surface area contributed by atoms with E-state index in [1.165, 1.54) is 15.9 Å². The number of aryl methyl sites for hydroxylation is 4. The van der Waals surface area contributed by atoms with Crippen molar-refractivity contribution < 1.29 is 4.79 Å². The molecule has 0 unspecified atom stereocenters. The van der Waals surface area contributed by atoms with Gasteiger partial charge in [0.05, 0.1) is 11.2 Å². The molecule has 4 rings (SSSR count). The summed E-state index contributed by atoms with van der Waals surface area (Å²) in [5.74, 6) is -0.325. The standard InChI is InChI=1S/C24H23N3O3S/c1-14-5-6-17(4)19(12-14)25-21(28)13-26-20-7-8-31-22(20)23(29)27(24(26)30)18-10-15(2)9-16(3)11-18/h5-12H,13H2,1-4H3,(H,25,28). The lowest BCUT2D eigenvalue weighted by Crippen LogP contribution is -2.40. The Morgan fingerprint density at radius 3 is 2.35 bits per heavy atom. The fourth-order valence-corrected chi connectivity index (χ4v) is 4.58. The molecule has 0 aliphatic carbocycles.